The van der Waals surface area contributed by atoms with Crippen molar-refractivity contribution in [1.82, 2.24) is 10.6 Å². The molecule has 0 bridgehead atoms. The van der Waals surface area contributed by atoms with Gasteiger partial charge in [0, 0.05) is 38.8 Å². The van der Waals surface area contributed by atoms with E-state index >= 15 is 0 Å². The molecule has 32 heavy (non-hydrogen) atoms. The van der Waals surface area contributed by atoms with E-state index in [-0.39, 0.29) is 35.5 Å². The van der Waals surface area contributed by atoms with Crippen molar-refractivity contribution in [3.8, 4) is 11.5 Å². The van der Waals surface area contributed by atoms with Gasteiger partial charge >= 0.3 is 0 Å². The number of benzene rings is 1. The van der Waals surface area contributed by atoms with Crippen molar-refractivity contribution >= 4 is 29.9 Å². The van der Waals surface area contributed by atoms with E-state index in [1.807, 2.05) is 13.1 Å². The molecule has 8 heteroatoms. The van der Waals surface area contributed by atoms with E-state index in [1.165, 1.54) is 24.8 Å². The highest BCUT2D eigenvalue weighted by Crippen LogP contribution is 2.42. The molecule has 1 aliphatic heterocycles. The molecule has 0 aromatic heterocycles. The summed E-state index contributed by atoms with van der Waals surface area (Å²) in [7, 11) is 5.20. The second kappa shape index (κ2) is 14.1. The van der Waals surface area contributed by atoms with Crippen LogP contribution in [-0.2, 0) is 14.9 Å². The second-order valence-electron chi connectivity index (χ2n) is 8.47. The number of rotatable bonds is 10. The van der Waals surface area contributed by atoms with Crippen molar-refractivity contribution in [3.63, 3.8) is 0 Å². The van der Waals surface area contributed by atoms with Gasteiger partial charge in [0.2, 0.25) is 0 Å². The van der Waals surface area contributed by atoms with Gasteiger partial charge in [-0.2, -0.15) is 0 Å². The molecule has 2 aliphatic rings. The molecule has 2 fully saturated rings. The van der Waals surface area contributed by atoms with E-state index in [4.69, 9.17) is 18.9 Å². The van der Waals surface area contributed by atoms with E-state index in [0.717, 1.165) is 76.1 Å². The summed E-state index contributed by atoms with van der Waals surface area (Å²) in [5.41, 5.74) is 1.38. The van der Waals surface area contributed by atoms with Crippen molar-refractivity contribution in [3.05, 3.63) is 23.8 Å². The largest absolute Gasteiger partial charge is 0.493 e. The standard InChI is InChI=1S/C24H39N3O4.HI/c1-25-23(26-13-7-14-31-20-10-15-30-17-20)27-18-24(11-5-4-6-12-24)19-8-9-21(28-2)22(16-19)29-3;/h8-9,16,20H,4-7,10-15,17-18H2,1-3H3,(H2,25,26,27);1H. The molecule has 1 atom stereocenters. The molecule has 2 N–H and O–H groups in total. The third-order valence-electron chi connectivity index (χ3n) is 6.48. The van der Waals surface area contributed by atoms with Gasteiger partial charge in [0.05, 0.1) is 26.9 Å². The average molecular weight is 562 g/mol. The van der Waals surface area contributed by atoms with Crippen LogP contribution in [0.3, 0.4) is 0 Å². The van der Waals surface area contributed by atoms with Gasteiger partial charge in [-0.15, -0.1) is 24.0 Å². The first-order valence-corrected chi connectivity index (χ1v) is 11.6. The molecule has 1 saturated carbocycles. The van der Waals surface area contributed by atoms with Gasteiger partial charge in [0.15, 0.2) is 17.5 Å². The minimum absolute atomic E-state index is 0. The molecule has 0 spiro atoms. The van der Waals surface area contributed by atoms with Crippen LogP contribution in [-0.4, -0.2) is 66.2 Å². The van der Waals surface area contributed by atoms with E-state index in [0.29, 0.717) is 0 Å². The monoisotopic (exact) mass is 561 g/mol. The normalized spacial score (nSPS) is 20.3. The predicted octanol–water partition coefficient (Wildman–Crippen LogP) is 3.88. The summed E-state index contributed by atoms with van der Waals surface area (Å²) >= 11 is 0. The predicted molar refractivity (Wildman–Crippen MR) is 139 cm³/mol. The Balaban J connectivity index is 0.00000363. The minimum Gasteiger partial charge on any atom is -0.493 e. The van der Waals surface area contributed by atoms with Crippen molar-refractivity contribution in [2.24, 2.45) is 4.99 Å². The first-order valence-electron chi connectivity index (χ1n) is 11.6. The molecule has 1 aromatic rings. The van der Waals surface area contributed by atoms with Gasteiger partial charge in [-0.3, -0.25) is 4.99 Å². The summed E-state index contributed by atoms with van der Waals surface area (Å²) in [6, 6.07) is 6.35. The number of hydrogen-bond donors (Lipinski definition) is 2. The first-order chi connectivity index (χ1) is 15.2. The van der Waals surface area contributed by atoms with Crippen molar-refractivity contribution in [1.29, 1.82) is 0 Å². The zero-order valence-electron chi connectivity index (χ0n) is 19.8. The fraction of sp³-hybridized carbons (Fsp3) is 0.708. The summed E-state index contributed by atoms with van der Waals surface area (Å²) in [6.07, 6.45) is 8.31. The smallest absolute Gasteiger partial charge is 0.191 e. The number of halogens is 1. The fourth-order valence-corrected chi connectivity index (χ4v) is 4.61. The van der Waals surface area contributed by atoms with Gasteiger partial charge < -0.3 is 29.6 Å². The van der Waals surface area contributed by atoms with Crippen LogP contribution in [0.4, 0.5) is 0 Å². The number of nitrogens with zero attached hydrogens (tertiary/aromatic N) is 1. The van der Waals surface area contributed by atoms with Crippen LogP contribution in [0.1, 0.15) is 50.5 Å². The van der Waals surface area contributed by atoms with Gasteiger partial charge in [0.25, 0.3) is 0 Å². The third-order valence-corrected chi connectivity index (χ3v) is 6.48. The van der Waals surface area contributed by atoms with E-state index < -0.39 is 0 Å². The van der Waals surface area contributed by atoms with Crippen LogP contribution in [0.2, 0.25) is 0 Å². The highest BCUT2D eigenvalue weighted by atomic mass is 127. The topological polar surface area (TPSA) is 73.3 Å². The Kier molecular flexibility index (Phi) is 11.9. The quantitative estimate of drug-likeness (QED) is 0.196. The fourth-order valence-electron chi connectivity index (χ4n) is 4.61. The van der Waals surface area contributed by atoms with E-state index in [2.05, 4.69) is 27.8 Å². The lowest BCUT2D eigenvalue weighted by atomic mass is 9.69. The highest BCUT2D eigenvalue weighted by Gasteiger charge is 2.34. The van der Waals surface area contributed by atoms with E-state index in [1.54, 1.807) is 14.2 Å². The first kappa shape index (κ1) is 27.0. The molecule has 0 amide bonds. The highest BCUT2D eigenvalue weighted by molar-refractivity contribution is 14.0. The molecule has 3 rings (SSSR count). The molecule has 182 valence electrons. The van der Waals surface area contributed by atoms with Crippen LogP contribution < -0.4 is 20.1 Å². The second-order valence-corrected chi connectivity index (χ2v) is 8.47. The molecule has 1 aliphatic carbocycles. The molecule has 1 heterocycles. The summed E-state index contributed by atoms with van der Waals surface area (Å²) in [5.74, 6) is 2.41. The van der Waals surface area contributed by atoms with Gasteiger partial charge in [-0.05, 0) is 43.4 Å². The molecule has 1 saturated heterocycles. The number of aliphatic imine (C=N–C) groups is 1. The molecule has 7 nitrogen and oxygen atoms in total. The van der Waals surface area contributed by atoms with Crippen LogP contribution in [0.15, 0.2) is 23.2 Å². The number of ether oxygens (including phenoxy) is 4. The molecule has 0 radical (unpaired) electrons. The molecule has 1 aromatic carbocycles. The summed E-state index contributed by atoms with van der Waals surface area (Å²) < 4.78 is 22.2. The zero-order valence-corrected chi connectivity index (χ0v) is 22.1. The minimum atomic E-state index is 0. The van der Waals surface area contributed by atoms with Crippen LogP contribution in [0.25, 0.3) is 0 Å². The number of hydrogen-bond acceptors (Lipinski definition) is 5. The van der Waals surface area contributed by atoms with Gasteiger partial charge in [0.1, 0.15) is 0 Å². The summed E-state index contributed by atoms with van der Waals surface area (Å²) in [5, 5.41) is 7.01. The average Bonchev–Trinajstić information content (AvgIpc) is 3.34. The Hall–Kier alpha value is -1.26. The van der Waals surface area contributed by atoms with E-state index in [9.17, 15) is 0 Å². The van der Waals surface area contributed by atoms with Crippen LogP contribution in [0, 0.1) is 0 Å². The Morgan fingerprint density at radius 1 is 1.12 bits per heavy atom. The lowest BCUT2D eigenvalue weighted by Crippen LogP contribution is -2.46. The van der Waals surface area contributed by atoms with Gasteiger partial charge in [-0.1, -0.05) is 25.3 Å². The Bertz CT molecular complexity index is 704. The van der Waals surface area contributed by atoms with Crippen molar-refractivity contribution in [2.45, 2.75) is 56.5 Å². The third kappa shape index (κ3) is 7.38. The lowest BCUT2D eigenvalue weighted by Gasteiger charge is -2.38. The summed E-state index contributed by atoms with van der Waals surface area (Å²) in [6.45, 7) is 3.97. The van der Waals surface area contributed by atoms with Crippen LogP contribution >= 0.6 is 24.0 Å². The van der Waals surface area contributed by atoms with Crippen molar-refractivity contribution in [2.75, 3.05) is 54.2 Å². The molecular formula is C24H40IN3O4. The SMILES string of the molecule is CN=C(NCCCOC1CCOC1)NCC1(c2ccc(OC)c(OC)c2)CCCCC1.I. The maximum Gasteiger partial charge on any atom is 0.191 e. The number of nitrogens with one attached hydrogen (secondary N) is 2. The molecule has 1 unspecified atom stereocenters. The Labute approximate surface area is 210 Å². The zero-order chi connectivity index (χ0) is 21.9. The van der Waals surface area contributed by atoms with Crippen LogP contribution in [0.5, 0.6) is 11.5 Å². The maximum atomic E-state index is 5.84. The Morgan fingerprint density at radius 3 is 2.56 bits per heavy atom. The van der Waals surface area contributed by atoms with Crippen molar-refractivity contribution < 1.29 is 18.9 Å². The maximum absolute atomic E-state index is 5.84. The molecular weight excluding hydrogens is 521 g/mol. The lowest BCUT2D eigenvalue weighted by molar-refractivity contribution is 0.0420. The summed E-state index contributed by atoms with van der Waals surface area (Å²) in [4.78, 5) is 4.42. The Morgan fingerprint density at radius 2 is 1.91 bits per heavy atom. The number of guanidine groups is 1. The number of methoxy groups -OCH3 is 2. The van der Waals surface area contributed by atoms with Gasteiger partial charge in [-0.25, -0.2) is 0 Å².